The summed E-state index contributed by atoms with van der Waals surface area (Å²) in [4.78, 5) is 10.4. The van der Waals surface area contributed by atoms with E-state index in [4.69, 9.17) is 10.2 Å². The van der Waals surface area contributed by atoms with E-state index < -0.39 is 12.1 Å². The van der Waals surface area contributed by atoms with Crippen LogP contribution >= 0.6 is 0 Å². The van der Waals surface area contributed by atoms with Crippen LogP contribution in [0.25, 0.3) is 0 Å². The molecule has 3 heteroatoms. The molecule has 0 aromatic carbocycles. The first kappa shape index (κ1) is 22.9. The molecule has 0 aromatic heterocycles. The Morgan fingerprint density at radius 2 is 1.00 bits per heavy atom. The Labute approximate surface area is 152 Å². The predicted octanol–water partition coefficient (Wildman–Crippen LogP) is 5.52. The van der Waals surface area contributed by atoms with Crippen LogP contribution in [0.1, 0.15) is 51.9 Å². The lowest BCUT2D eigenvalue weighted by atomic mass is 10.2. The monoisotopic (exact) mass is 344 g/mol. The van der Waals surface area contributed by atoms with Crippen molar-refractivity contribution in [2.75, 3.05) is 0 Å². The fourth-order valence-electron chi connectivity index (χ4n) is 1.85. The summed E-state index contributed by atoms with van der Waals surface area (Å²) in [6, 6.07) is 0. The highest BCUT2D eigenvalue weighted by Gasteiger charge is 2.09. The summed E-state index contributed by atoms with van der Waals surface area (Å²) in [7, 11) is 0. The van der Waals surface area contributed by atoms with Crippen molar-refractivity contribution in [1.82, 2.24) is 0 Å². The van der Waals surface area contributed by atoms with E-state index in [2.05, 4.69) is 61.6 Å². The minimum atomic E-state index is -1.30. The van der Waals surface area contributed by atoms with Gasteiger partial charge in [-0.2, -0.15) is 0 Å². The molecule has 0 radical (unpaired) electrons. The smallest absolute Gasteiger partial charge is 0.332 e. The van der Waals surface area contributed by atoms with Gasteiger partial charge in [0.15, 0.2) is 6.10 Å². The number of aliphatic carboxylic acids is 1. The highest BCUT2D eigenvalue weighted by atomic mass is 16.4. The molecular weight excluding hydrogens is 312 g/mol. The first-order valence-electron chi connectivity index (χ1n) is 8.99. The number of allylic oxidation sites excluding steroid dienone is 11. The van der Waals surface area contributed by atoms with Gasteiger partial charge in [0.05, 0.1) is 0 Å². The summed E-state index contributed by atoms with van der Waals surface area (Å²) in [6.45, 7) is 2.14. The topological polar surface area (TPSA) is 57.5 Å². The van der Waals surface area contributed by atoms with E-state index >= 15 is 0 Å². The van der Waals surface area contributed by atoms with Gasteiger partial charge in [-0.15, -0.1) is 0 Å². The van der Waals surface area contributed by atoms with Crippen molar-refractivity contribution >= 4 is 5.97 Å². The second-order valence-corrected chi connectivity index (χ2v) is 5.50. The van der Waals surface area contributed by atoms with Gasteiger partial charge in [-0.05, 0) is 38.5 Å². The fourth-order valence-corrected chi connectivity index (χ4v) is 1.85. The maximum atomic E-state index is 10.4. The Morgan fingerprint density at radius 1 is 0.680 bits per heavy atom. The minimum Gasteiger partial charge on any atom is -0.479 e. The highest BCUT2D eigenvalue weighted by molar-refractivity contribution is 5.72. The number of hydrogen-bond acceptors (Lipinski definition) is 2. The van der Waals surface area contributed by atoms with Crippen molar-refractivity contribution in [2.45, 2.75) is 58.0 Å². The highest BCUT2D eigenvalue weighted by Crippen LogP contribution is 1.98. The molecule has 3 nitrogen and oxygen atoms in total. The van der Waals surface area contributed by atoms with Gasteiger partial charge in [0, 0.05) is 6.42 Å². The zero-order valence-corrected chi connectivity index (χ0v) is 15.3. The summed E-state index contributed by atoms with van der Waals surface area (Å²) >= 11 is 0. The maximum absolute atomic E-state index is 10.4. The molecule has 0 aliphatic rings. The van der Waals surface area contributed by atoms with E-state index in [1.54, 1.807) is 6.08 Å². The first-order valence-corrected chi connectivity index (χ1v) is 8.99. The van der Waals surface area contributed by atoms with Gasteiger partial charge in [-0.25, -0.2) is 4.79 Å². The molecule has 1 atom stereocenters. The van der Waals surface area contributed by atoms with Crippen LogP contribution in [0.5, 0.6) is 0 Å². The van der Waals surface area contributed by atoms with Gasteiger partial charge in [0.2, 0.25) is 0 Å². The normalized spacial score (nSPS) is 14.3. The number of carbonyl (C=O) groups is 1. The molecule has 0 bridgehead atoms. The average Bonchev–Trinajstić information content (AvgIpc) is 2.60. The van der Waals surface area contributed by atoms with Crippen LogP contribution < -0.4 is 0 Å². The molecule has 0 aliphatic carbocycles. The van der Waals surface area contributed by atoms with Crippen LogP contribution in [0.3, 0.4) is 0 Å². The first-order chi connectivity index (χ1) is 12.2. The van der Waals surface area contributed by atoms with Crippen LogP contribution in [0.15, 0.2) is 72.9 Å². The van der Waals surface area contributed by atoms with E-state index in [1.807, 2.05) is 12.2 Å². The zero-order chi connectivity index (χ0) is 18.6. The van der Waals surface area contributed by atoms with Crippen molar-refractivity contribution in [3.05, 3.63) is 72.9 Å². The third-order valence-electron chi connectivity index (χ3n) is 3.24. The third-order valence-corrected chi connectivity index (χ3v) is 3.24. The average molecular weight is 344 g/mol. The van der Waals surface area contributed by atoms with E-state index in [0.717, 1.165) is 38.5 Å². The maximum Gasteiger partial charge on any atom is 0.332 e. The summed E-state index contributed by atoms with van der Waals surface area (Å²) in [6.07, 6.45) is 29.6. The van der Waals surface area contributed by atoms with E-state index in [0.29, 0.717) is 0 Å². The van der Waals surface area contributed by atoms with Gasteiger partial charge >= 0.3 is 5.97 Å². The lowest BCUT2D eigenvalue weighted by Gasteiger charge is -1.98. The van der Waals surface area contributed by atoms with Crippen LogP contribution in [-0.2, 0) is 4.79 Å². The Morgan fingerprint density at radius 3 is 1.32 bits per heavy atom. The zero-order valence-electron chi connectivity index (χ0n) is 15.3. The van der Waals surface area contributed by atoms with E-state index in [1.165, 1.54) is 0 Å². The second kappa shape index (κ2) is 18.2. The Kier molecular flexibility index (Phi) is 16.7. The second-order valence-electron chi connectivity index (χ2n) is 5.50. The molecule has 138 valence electrons. The largest absolute Gasteiger partial charge is 0.479 e. The number of hydrogen-bond donors (Lipinski definition) is 2. The van der Waals surface area contributed by atoms with Crippen LogP contribution in [0.2, 0.25) is 0 Å². The Bertz CT molecular complexity index is 493. The van der Waals surface area contributed by atoms with E-state index in [9.17, 15) is 4.79 Å². The van der Waals surface area contributed by atoms with Gasteiger partial charge in [0.25, 0.3) is 0 Å². The Balaban J connectivity index is 3.59. The SMILES string of the molecule is CC/C=C/C/C=C/C/C=C/C/C=C/C/C=C/C/C=C/CC(O)C(=O)O. The van der Waals surface area contributed by atoms with Gasteiger partial charge in [0.1, 0.15) is 0 Å². The Hall–Kier alpha value is -2.13. The summed E-state index contributed by atoms with van der Waals surface area (Å²) in [5.41, 5.74) is 0. The van der Waals surface area contributed by atoms with Crippen molar-refractivity contribution in [3.63, 3.8) is 0 Å². The minimum absolute atomic E-state index is 0.153. The molecule has 0 saturated carbocycles. The molecule has 0 spiro atoms. The molecule has 0 amide bonds. The molecule has 25 heavy (non-hydrogen) atoms. The summed E-state index contributed by atoms with van der Waals surface area (Å²) in [5.74, 6) is -1.18. The number of carboxylic acid groups (broad SMARTS) is 1. The van der Waals surface area contributed by atoms with Crippen molar-refractivity contribution in [3.8, 4) is 0 Å². The van der Waals surface area contributed by atoms with Crippen LogP contribution in [0, 0.1) is 0 Å². The van der Waals surface area contributed by atoms with E-state index in [-0.39, 0.29) is 6.42 Å². The molecule has 0 aromatic rings. The summed E-state index contributed by atoms with van der Waals surface area (Å²) in [5, 5.41) is 17.6. The predicted molar refractivity (Wildman–Crippen MR) is 106 cm³/mol. The molecule has 2 N–H and O–H groups in total. The molecule has 1 unspecified atom stereocenters. The standard InChI is InChI=1S/C22H32O3/c1-2-3-4-5-6-7-8-9-10-11-12-13-14-15-16-17-18-19-20-21(23)22(24)25/h3-4,6-7,9-10,12-13,15-16,18-19,21,23H,2,5,8,11,14,17,20H2,1H3,(H,24,25)/b4-3+,7-6+,10-9+,13-12+,16-15+,19-18+. The van der Waals surface area contributed by atoms with Crippen molar-refractivity contribution in [1.29, 1.82) is 0 Å². The quantitative estimate of drug-likeness (QED) is 0.408. The van der Waals surface area contributed by atoms with Gasteiger partial charge in [-0.1, -0.05) is 79.8 Å². The molecule has 0 saturated heterocycles. The van der Waals surface area contributed by atoms with Crippen molar-refractivity contribution in [2.24, 2.45) is 0 Å². The molecule has 0 heterocycles. The number of rotatable bonds is 14. The number of aliphatic hydroxyl groups is 1. The summed E-state index contributed by atoms with van der Waals surface area (Å²) < 4.78 is 0. The lowest BCUT2D eigenvalue weighted by Crippen LogP contribution is -2.17. The number of aliphatic hydroxyl groups excluding tert-OH is 1. The van der Waals surface area contributed by atoms with Crippen LogP contribution in [-0.4, -0.2) is 22.3 Å². The lowest BCUT2D eigenvalue weighted by molar-refractivity contribution is -0.146. The molecule has 0 fully saturated rings. The fraction of sp³-hybridized carbons (Fsp3) is 0.409. The molecule has 0 aliphatic heterocycles. The molecule has 0 rings (SSSR count). The van der Waals surface area contributed by atoms with Crippen LogP contribution in [0.4, 0.5) is 0 Å². The third kappa shape index (κ3) is 18.1. The van der Waals surface area contributed by atoms with Gasteiger partial charge < -0.3 is 10.2 Å². The van der Waals surface area contributed by atoms with Crippen molar-refractivity contribution < 1.29 is 15.0 Å². The van der Waals surface area contributed by atoms with Gasteiger partial charge in [-0.3, -0.25) is 0 Å². The molecular formula is C22H32O3. The number of carboxylic acids is 1.